The minimum Gasteiger partial charge on any atom is -0.481 e. The number of rotatable bonds is 2. The summed E-state index contributed by atoms with van der Waals surface area (Å²) < 4.78 is 0. The van der Waals surface area contributed by atoms with Crippen molar-refractivity contribution in [3.63, 3.8) is 0 Å². The van der Waals surface area contributed by atoms with Gasteiger partial charge >= 0.3 is 12.0 Å². The standard InChI is InChI=1S/C14H23N3O4/c1-9-7-17(8-11(9)13(19)20)14(21)16-5-3-10(4-6-16)12(18)15-2/h9-11H,3-8H2,1-2H3,(H,15,18)(H,19,20)/t9-,11-/m1/s1. The molecule has 0 aromatic heterocycles. The van der Waals surface area contributed by atoms with E-state index in [0.29, 0.717) is 32.5 Å². The molecule has 7 nitrogen and oxygen atoms in total. The van der Waals surface area contributed by atoms with Gasteiger partial charge < -0.3 is 20.2 Å². The SMILES string of the molecule is CNC(=O)C1CCN(C(=O)N2C[C@@H](C)[C@H](C(=O)O)C2)CC1. The van der Waals surface area contributed by atoms with E-state index in [1.807, 2.05) is 6.92 Å². The monoisotopic (exact) mass is 297 g/mol. The number of hydrogen-bond donors (Lipinski definition) is 2. The maximum Gasteiger partial charge on any atom is 0.320 e. The molecule has 3 amide bonds. The highest BCUT2D eigenvalue weighted by Gasteiger charge is 2.39. The summed E-state index contributed by atoms with van der Waals surface area (Å²) in [6.45, 7) is 3.75. The lowest BCUT2D eigenvalue weighted by molar-refractivity contribution is -0.142. The topological polar surface area (TPSA) is 90.0 Å². The zero-order chi connectivity index (χ0) is 15.6. The summed E-state index contributed by atoms with van der Waals surface area (Å²) in [6, 6.07) is -0.0963. The molecule has 2 N–H and O–H groups in total. The van der Waals surface area contributed by atoms with Gasteiger partial charge in [0.15, 0.2) is 0 Å². The number of piperidine rings is 1. The molecule has 2 aliphatic heterocycles. The first-order chi connectivity index (χ1) is 9.93. The summed E-state index contributed by atoms with van der Waals surface area (Å²) in [7, 11) is 1.62. The number of nitrogens with zero attached hydrogens (tertiary/aromatic N) is 2. The van der Waals surface area contributed by atoms with Crippen molar-refractivity contribution in [1.82, 2.24) is 15.1 Å². The van der Waals surface area contributed by atoms with Crippen LogP contribution in [0.4, 0.5) is 4.79 Å². The first-order valence-electron chi connectivity index (χ1n) is 7.42. The summed E-state index contributed by atoms with van der Waals surface area (Å²) in [6.07, 6.45) is 1.33. The summed E-state index contributed by atoms with van der Waals surface area (Å²) in [5.41, 5.74) is 0. The van der Waals surface area contributed by atoms with Gasteiger partial charge in [-0.3, -0.25) is 9.59 Å². The average Bonchev–Trinajstić information content (AvgIpc) is 2.88. The predicted molar refractivity (Wildman–Crippen MR) is 75.6 cm³/mol. The van der Waals surface area contributed by atoms with Gasteiger partial charge in [0.25, 0.3) is 0 Å². The lowest BCUT2D eigenvalue weighted by Crippen LogP contribution is -2.47. The van der Waals surface area contributed by atoms with Crippen molar-refractivity contribution in [2.45, 2.75) is 19.8 Å². The normalized spacial score (nSPS) is 26.8. The maximum atomic E-state index is 12.4. The first kappa shape index (κ1) is 15.6. The van der Waals surface area contributed by atoms with Crippen LogP contribution in [0.2, 0.25) is 0 Å². The van der Waals surface area contributed by atoms with Crippen LogP contribution < -0.4 is 5.32 Å². The molecule has 0 aliphatic carbocycles. The summed E-state index contributed by atoms with van der Waals surface area (Å²) in [4.78, 5) is 38.5. The molecule has 2 heterocycles. The molecule has 0 aromatic carbocycles. The number of urea groups is 1. The third-order valence-electron chi connectivity index (χ3n) is 4.58. The molecule has 0 saturated carbocycles. The summed E-state index contributed by atoms with van der Waals surface area (Å²) >= 11 is 0. The van der Waals surface area contributed by atoms with Gasteiger partial charge in [0, 0.05) is 39.1 Å². The van der Waals surface area contributed by atoms with Crippen molar-refractivity contribution in [3.05, 3.63) is 0 Å². The van der Waals surface area contributed by atoms with Crippen molar-refractivity contribution in [3.8, 4) is 0 Å². The minimum absolute atomic E-state index is 0.0186. The minimum atomic E-state index is -0.837. The molecule has 2 fully saturated rings. The number of hydrogen-bond acceptors (Lipinski definition) is 3. The first-order valence-corrected chi connectivity index (χ1v) is 7.42. The molecule has 2 saturated heterocycles. The molecule has 7 heteroatoms. The smallest absolute Gasteiger partial charge is 0.320 e. The molecule has 0 aromatic rings. The number of carbonyl (C=O) groups excluding carboxylic acids is 2. The maximum absolute atomic E-state index is 12.4. The van der Waals surface area contributed by atoms with Crippen LogP contribution >= 0.6 is 0 Å². The van der Waals surface area contributed by atoms with E-state index in [0.717, 1.165) is 0 Å². The van der Waals surface area contributed by atoms with Crippen molar-refractivity contribution < 1.29 is 19.5 Å². The fraction of sp³-hybridized carbons (Fsp3) is 0.786. The van der Waals surface area contributed by atoms with Crippen molar-refractivity contribution in [1.29, 1.82) is 0 Å². The van der Waals surface area contributed by atoms with Crippen LogP contribution in [0.25, 0.3) is 0 Å². The Kier molecular flexibility index (Phi) is 4.69. The fourth-order valence-electron chi connectivity index (χ4n) is 3.18. The Bertz CT molecular complexity index is 432. The van der Waals surface area contributed by atoms with Crippen LogP contribution in [0.5, 0.6) is 0 Å². The molecule has 0 bridgehead atoms. The molecule has 2 atom stereocenters. The Morgan fingerprint density at radius 2 is 1.71 bits per heavy atom. The van der Waals surface area contributed by atoms with Crippen LogP contribution in [0.1, 0.15) is 19.8 Å². The van der Waals surface area contributed by atoms with Crippen LogP contribution in [0.15, 0.2) is 0 Å². The van der Waals surface area contributed by atoms with Gasteiger partial charge in [0.1, 0.15) is 0 Å². The van der Waals surface area contributed by atoms with Gasteiger partial charge in [-0.05, 0) is 18.8 Å². The third kappa shape index (κ3) is 3.28. The van der Waals surface area contributed by atoms with Crippen LogP contribution in [0.3, 0.4) is 0 Å². The quantitative estimate of drug-likeness (QED) is 0.763. The van der Waals surface area contributed by atoms with Gasteiger partial charge in [0.2, 0.25) is 5.91 Å². The highest BCUT2D eigenvalue weighted by atomic mass is 16.4. The number of aliphatic carboxylic acids is 1. The summed E-state index contributed by atoms with van der Waals surface area (Å²) in [5.74, 6) is -1.32. The van der Waals surface area contributed by atoms with E-state index in [1.54, 1.807) is 16.8 Å². The van der Waals surface area contributed by atoms with E-state index in [2.05, 4.69) is 5.32 Å². The second-order valence-corrected chi connectivity index (χ2v) is 5.99. The lowest BCUT2D eigenvalue weighted by atomic mass is 9.96. The molecule has 0 radical (unpaired) electrons. The Labute approximate surface area is 124 Å². The van der Waals surface area contributed by atoms with E-state index >= 15 is 0 Å². The van der Waals surface area contributed by atoms with Crippen molar-refractivity contribution in [2.24, 2.45) is 17.8 Å². The average molecular weight is 297 g/mol. The number of carboxylic acids is 1. The largest absolute Gasteiger partial charge is 0.481 e. The number of amides is 3. The zero-order valence-electron chi connectivity index (χ0n) is 12.5. The Balaban J connectivity index is 1.88. The van der Waals surface area contributed by atoms with Crippen LogP contribution in [0, 0.1) is 17.8 Å². The van der Waals surface area contributed by atoms with E-state index in [-0.39, 0.29) is 30.3 Å². The Morgan fingerprint density at radius 1 is 1.10 bits per heavy atom. The predicted octanol–water partition coefficient (Wildman–Crippen LogP) is 0.217. The van der Waals surface area contributed by atoms with Crippen LogP contribution in [-0.2, 0) is 9.59 Å². The van der Waals surface area contributed by atoms with Gasteiger partial charge in [-0.25, -0.2) is 4.79 Å². The van der Waals surface area contributed by atoms with E-state index < -0.39 is 11.9 Å². The fourth-order valence-corrected chi connectivity index (χ4v) is 3.18. The van der Waals surface area contributed by atoms with Gasteiger partial charge in [-0.1, -0.05) is 6.92 Å². The zero-order valence-corrected chi connectivity index (χ0v) is 12.5. The second-order valence-electron chi connectivity index (χ2n) is 5.99. The number of carbonyl (C=O) groups is 3. The third-order valence-corrected chi connectivity index (χ3v) is 4.58. The highest BCUT2D eigenvalue weighted by Crippen LogP contribution is 2.26. The Hall–Kier alpha value is -1.79. The molecular formula is C14H23N3O4. The molecule has 0 spiro atoms. The summed E-state index contributed by atoms with van der Waals surface area (Å²) in [5, 5.41) is 11.8. The molecule has 21 heavy (non-hydrogen) atoms. The van der Waals surface area contributed by atoms with Gasteiger partial charge in [-0.15, -0.1) is 0 Å². The van der Waals surface area contributed by atoms with E-state index in [4.69, 9.17) is 5.11 Å². The lowest BCUT2D eigenvalue weighted by Gasteiger charge is -2.34. The van der Waals surface area contributed by atoms with Crippen molar-refractivity contribution in [2.75, 3.05) is 33.2 Å². The van der Waals surface area contributed by atoms with Gasteiger partial charge in [-0.2, -0.15) is 0 Å². The highest BCUT2D eigenvalue weighted by molar-refractivity contribution is 5.80. The van der Waals surface area contributed by atoms with E-state index in [1.165, 1.54) is 0 Å². The number of nitrogens with one attached hydrogen (secondary N) is 1. The van der Waals surface area contributed by atoms with E-state index in [9.17, 15) is 14.4 Å². The molecule has 2 aliphatic rings. The second kappa shape index (κ2) is 6.32. The van der Waals surface area contributed by atoms with Crippen LogP contribution in [-0.4, -0.2) is 66.0 Å². The van der Waals surface area contributed by atoms with Gasteiger partial charge in [0.05, 0.1) is 5.92 Å². The van der Waals surface area contributed by atoms with Crippen molar-refractivity contribution >= 4 is 17.9 Å². The molecular weight excluding hydrogens is 274 g/mol. The molecule has 0 unspecified atom stereocenters. The number of likely N-dealkylation sites (tertiary alicyclic amines) is 2. The number of carboxylic acid groups (broad SMARTS) is 1. The Morgan fingerprint density at radius 3 is 2.19 bits per heavy atom. The molecule has 2 rings (SSSR count). The molecule has 118 valence electrons.